The van der Waals surface area contributed by atoms with Crippen LogP contribution in [0.25, 0.3) is 0 Å². The number of carbonyl (C=O) groups excluding carboxylic acids is 1. The molecule has 0 saturated carbocycles. The molecule has 1 aromatic heterocycles. The molecule has 0 saturated heterocycles. The first kappa shape index (κ1) is 13.9. The normalized spacial score (nSPS) is 11.9. The summed E-state index contributed by atoms with van der Waals surface area (Å²) in [6, 6.07) is 8.75. The van der Waals surface area contributed by atoms with Crippen LogP contribution in [0, 0.1) is 6.92 Å². The van der Waals surface area contributed by atoms with E-state index in [1.54, 1.807) is 0 Å². The number of hydrogen-bond donors (Lipinski definition) is 2. The van der Waals surface area contributed by atoms with E-state index < -0.39 is 11.9 Å². The highest BCUT2D eigenvalue weighted by Gasteiger charge is 2.17. The monoisotopic (exact) mass is 273 g/mol. The van der Waals surface area contributed by atoms with Crippen molar-refractivity contribution in [2.45, 2.75) is 19.9 Å². The number of hydrogen-bond acceptors (Lipinski definition) is 3. The molecule has 20 heavy (non-hydrogen) atoms. The van der Waals surface area contributed by atoms with Crippen LogP contribution in [0.1, 0.15) is 45.0 Å². The number of amides is 1. The molecule has 0 radical (unpaired) electrons. The maximum atomic E-state index is 12.0. The SMILES string of the molecule is Cc1ccccc1C(C)NC(=O)c1cc(C(=O)O)co1. The van der Waals surface area contributed by atoms with Gasteiger partial charge in [0.25, 0.3) is 5.91 Å². The van der Waals surface area contributed by atoms with Gasteiger partial charge in [-0.25, -0.2) is 4.79 Å². The van der Waals surface area contributed by atoms with Crippen molar-refractivity contribution in [2.24, 2.45) is 0 Å². The molecule has 0 bridgehead atoms. The number of carboxylic acids is 1. The molecule has 0 aliphatic carbocycles. The fourth-order valence-corrected chi connectivity index (χ4v) is 1.99. The summed E-state index contributed by atoms with van der Waals surface area (Å²) in [4.78, 5) is 22.7. The first-order chi connectivity index (χ1) is 9.49. The summed E-state index contributed by atoms with van der Waals surface area (Å²) in [5.41, 5.74) is 2.04. The average molecular weight is 273 g/mol. The Morgan fingerprint density at radius 1 is 1.30 bits per heavy atom. The van der Waals surface area contributed by atoms with Crippen LogP contribution in [0.5, 0.6) is 0 Å². The molecule has 2 N–H and O–H groups in total. The first-order valence-electron chi connectivity index (χ1n) is 6.17. The van der Waals surface area contributed by atoms with Crippen molar-refractivity contribution in [3.05, 3.63) is 59.0 Å². The van der Waals surface area contributed by atoms with Crippen LogP contribution in [0.4, 0.5) is 0 Å². The lowest BCUT2D eigenvalue weighted by Gasteiger charge is -2.15. The zero-order valence-corrected chi connectivity index (χ0v) is 11.2. The van der Waals surface area contributed by atoms with Crippen molar-refractivity contribution in [3.63, 3.8) is 0 Å². The van der Waals surface area contributed by atoms with E-state index in [1.165, 1.54) is 6.07 Å². The summed E-state index contributed by atoms with van der Waals surface area (Å²) in [6.07, 6.45) is 1.05. The highest BCUT2D eigenvalue weighted by atomic mass is 16.4. The van der Waals surface area contributed by atoms with Gasteiger partial charge in [0.15, 0.2) is 5.76 Å². The minimum Gasteiger partial charge on any atom is -0.478 e. The summed E-state index contributed by atoms with van der Waals surface area (Å²) in [5.74, 6) is -1.57. The number of carboxylic acid groups (broad SMARTS) is 1. The second-order valence-electron chi connectivity index (χ2n) is 4.56. The molecule has 5 nitrogen and oxygen atoms in total. The van der Waals surface area contributed by atoms with Crippen molar-refractivity contribution >= 4 is 11.9 Å². The topological polar surface area (TPSA) is 79.5 Å². The van der Waals surface area contributed by atoms with Gasteiger partial charge in [-0.3, -0.25) is 4.79 Å². The lowest BCUT2D eigenvalue weighted by Crippen LogP contribution is -2.26. The van der Waals surface area contributed by atoms with Gasteiger partial charge in [0.05, 0.1) is 11.6 Å². The minimum absolute atomic E-state index is 0.0113. The van der Waals surface area contributed by atoms with E-state index in [1.807, 2.05) is 38.1 Å². The molecule has 104 valence electrons. The summed E-state index contributed by atoms with van der Waals surface area (Å²) in [7, 11) is 0. The number of nitrogens with one attached hydrogen (secondary N) is 1. The molecular formula is C15H15NO4. The van der Waals surface area contributed by atoms with Gasteiger partial charge in [0.2, 0.25) is 0 Å². The van der Waals surface area contributed by atoms with Crippen molar-refractivity contribution in [2.75, 3.05) is 0 Å². The van der Waals surface area contributed by atoms with E-state index in [0.29, 0.717) is 0 Å². The van der Waals surface area contributed by atoms with Gasteiger partial charge in [-0.15, -0.1) is 0 Å². The van der Waals surface area contributed by atoms with Gasteiger partial charge >= 0.3 is 5.97 Å². The molecule has 0 fully saturated rings. The quantitative estimate of drug-likeness (QED) is 0.897. The number of furan rings is 1. The zero-order chi connectivity index (χ0) is 14.7. The molecule has 1 heterocycles. The Bertz CT molecular complexity index is 645. The molecule has 1 aromatic carbocycles. The second-order valence-corrected chi connectivity index (χ2v) is 4.56. The van der Waals surface area contributed by atoms with E-state index in [2.05, 4.69) is 5.32 Å². The number of aromatic carboxylic acids is 1. The Balaban J connectivity index is 2.11. The Morgan fingerprint density at radius 3 is 2.60 bits per heavy atom. The molecule has 2 rings (SSSR count). The molecule has 1 amide bonds. The Kier molecular flexibility index (Phi) is 3.89. The van der Waals surface area contributed by atoms with Crippen LogP contribution in [0.15, 0.2) is 41.0 Å². The number of benzene rings is 1. The van der Waals surface area contributed by atoms with Gasteiger partial charge in [-0.05, 0) is 25.0 Å². The lowest BCUT2D eigenvalue weighted by atomic mass is 10.0. The summed E-state index contributed by atoms with van der Waals surface area (Å²) >= 11 is 0. The van der Waals surface area contributed by atoms with Crippen LogP contribution in [-0.2, 0) is 0 Å². The predicted octanol–water partition coefficient (Wildman–Crippen LogP) is 2.78. The molecule has 1 atom stereocenters. The lowest BCUT2D eigenvalue weighted by molar-refractivity contribution is 0.0695. The molecule has 0 spiro atoms. The fraction of sp³-hybridized carbons (Fsp3) is 0.200. The third kappa shape index (κ3) is 2.88. The molecule has 0 aliphatic heterocycles. The third-order valence-corrected chi connectivity index (χ3v) is 3.07. The van der Waals surface area contributed by atoms with Crippen LogP contribution in [-0.4, -0.2) is 17.0 Å². The Morgan fingerprint density at radius 2 is 2.00 bits per heavy atom. The van der Waals surface area contributed by atoms with Crippen molar-refractivity contribution < 1.29 is 19.1 Å². The van der Waals surface area contributed by atoms with Crippen LogP contribution in [0.2, 0.25) is 0 Å². The minimum atomic E-state index is -1.13. The number of rotatable bonds is 4. The largest absolute Gasteiger partial charge is 0.478 e. The summed E-state index contributed by atoms with van der Waals surface area (Å²) in [5, 5.41) is 11.6. The Hall–Kier alpha value is -2.56. The van der Waals surface area contributed by atoms with Crippen LogP contribution >= 0.6 is 0 Å². The molecule has 5 heteroatoms. The van der Waals surface area contributed by atoms with Crippen molar-refractivity contribution in [3.8, 4) is 0 Å². The van der Waals surface area contributed by atoms with Crippen LogP contribution in [0.3, 0.4) is 0 Å². The molecular weight excluding hydrogens is 258 g/mol. The van der Waals surface area contributed by atoms with Crippen LogP contribution < -0.4 is 5.32 Å². The van der Waals surface area contributed by atoms with Crippen molar-refractivity contribution in [1.82, 2.24) is 5.32 Å². The highest BCUT2D eigenvalue weighted by molar-refractivity contribution is 5.95. The predicted molar refractivity (Wildman–Crippen MR) is 72.7 cm³/mol. The highest BCUT2D eigenvalue weighted by Crippen LogP contribution is 2.17. The summed E-state index contributed by atoms with van der Waals surface area (Å²) in [6.45, 7) is 3.83. The average Bonchev–Trinajstić information content (AvgIpc) is 2.88. The standard InChI is InChI=1S/C15H15NO4/c1-9-5-3-4-6-12(9)10(2)16-14(17)13-7-11(8-20-13)15(18)19/h3-8,10H,1-2H3,(H,16,17)(H,18,19). The van der Waals surface area contributed by atoms with Gasteiger partial charge in [0, 0.05) is 6.07 Å². The molecule has 0 aliphatic rings. The smallest absolute Gasteiger partial charge is 0.338 e. The van der Waals surface area contributed by atoms with Gasteiger partial charge in [-0.2, -0.15) is 0 Å². The van der Waals surface area contributed by atoms with E-state index >= 15 is 0 Å². The van der Waals surface area contributed by atoms with Gasteiger partial charge in [0.1, 0.15) is 6.26 Å². The van der Waals surface area contributed by atoms with Gasteiger partial charge < -0.3 is 14.8 Å². The number of carbonyl (C=O) groups is 2. The van der Waals surface area contributed by atoms with E-state index in [9.17, 15) is 9.59 Å². The number of aryl methyl sites for hydroxylation is 1. The summed E-state index contributed by atoms with van der Waals surface area (Å²) < 4.78 is 4.96. The van der Waals surface area contributed by atoms with Crippen molar-refractivity contribution in [1.29, 1.82) is 0 Å². The van der Waals surface area contributed by atoms with Gasteiger partial charge in [-0.1, -0.05) is 24.3 Å². The Labute approximate surface area is 116 Å². The van der Waals surface area contributed by atoms with E-state index in [0.717, 1.165) is 17.4 Å². The van der Waals surface area contributed by atoms with E-state index in [4.69, 9.17) is 9.52 Å². The second kappa shape index (κ2) is 5.61. The zero-order valence-electron chi connectivity index (χ0n) is 11.2. The first-order valence-corrected chi connectivity index (χ1v) is 6.17. The maximum absolute atomic E-state index is 12.0. The molecule has 1 unspecified atom stereocenters. The van der Waals surface area contributed by atoms with E-state index in [-0.39, 0.29) is 17.4 Å². The maximum Gasteiger partial charge on any atom is 0.338 e. The third-order valence-electron chi connectivity index (χ3n) is 3.07. The molecule has 2 aromatic rings. The fourth-order valence-electron chi connectivity index (χ4n) is 1.99.